The second kappa shape index (κ2) is 7.75. The smallest absolute Gasteiger partial charge is 0.137 e. The van der Waals surface area contributed by atoms with Gasteiger partial charge in [-0.1, -0.05) is 27.5 Å². The van der Waals surface area contributed by atoms with Crippen LogP contribution in [0.2, 0.25) is 5.02 Å². The Kier molecular flexibility index (Phi) is 5.98. The van der Waals surface area contributed by atoms with Gasteiger partial charge in [-0.25, -0.2) is 0 Å². The first-order valence-corrected chi connectivity index (χ1v) is 8.19. The number of nitrogens with one attached hydrogen (secondary N) is 1. The van der Waals surface area contributed by atoms with E-state index in [1.807, 2.05) is 44.2 Å². The van der Waals surface area contributed by atoms with E-state index in [-0.39, 0.29) is 6.10 Å². The van der Waals surface area contributed by atoms with Crippen LogP contribution in [0.5, 0.6) is 11.5 Å². The molecule has 0 atom stereocenters. The fraction of sp³-hybridized carbons (Fsp3) is 0.294. The van der Waals surface area contributed by atoms with E-state index in [0.717, 1.165) is 21.5 Å². The molecule has 2 rings (SSSR count). The molecule has 5 heteroatoms. The number of ether oxygens (including phenoxy) is 2. The van der Waals surface area contributed by atoms with Gasteiger partial charge in [0.15, 0.2) is 0 Å². The molecule has 0 saturated heterocycles. The molecule has 0 unspecified atom stereocenters. The van der Waals surface area contributed by atoms with Gasteiger partial charge in [-0.05, 0) is 50.2 Å². The van der Waals surface area contributed by atoms with Crippen LogP contribution in [0.25, 0.3) is 0 Å². The average Bonchev–Trinajstić information content (AvgIpc) is 2.47. The van der Waals surface area contributed by atoms with E-state index >= 15 is 0 Å². The second-order valence-corrected chi connectivity index (χ2v) is 6.44. The van der Waals surface area contributed by atoms with Crippen molar-refractivity contribution in [3.8, 4) is 11.5 Å². The highest BCUT2D eigenvalue weighted by Gasteiger charge is 2.08. The summed E-state index contributed by atoms with van der Waals surface area (Å²) in [6.45, 7) is 4.68. The summed E-state index contributed by atoms with van der Waals surface area (Å²) in [6.07, 6.45) is 0.135. The number of rotatable bonds is 6. The van der Waals surface area contributed by atoms with Gasteiger partial charge in [-0.3, -0.25) is 0 Å². The van der Waals surface area contributed by atoms with E-state index in [0.29, 0.717) is 17.3 Å². The first-order chi connectivity index (χ1) is 10.5. The largest absolute Gasteiger partial charge is 0.495 e. The zero-order valence-corrected chi connectivity index (χ0v) is 15.2. The van der Waals surface area contributed by atoms with Gasteiger partial charge in [0.05, 0.1) is 18.2 Å². The Morgan fingerprint density at radius 3 is 2.50 bits per heavy atom. The van der Waals surface area contributed by atoms with Gasteiger partial charge < -0.3 is 14.8 Å². The number of hydrogen-bond acceptors (Lipinski definition) is 3. The average molecular weight is 385 g/mol. The van der Waals surface area contributed by atoms with E-state index in [2.05, 4.69) is 27.3 Å². The Bertz CT molecular complexity index is 647. The van der Waals surface area contributed by atoms with Crippen molar-refractivity contribution in [1.29, 1.82) is 0 Å². The maximum absolute atomic E-state index is 6.14. The van der Waals surface area contributed by atoms with E-state index in [1.54, 1.807) is 7.11 Å². The van der Waals surface area contributed by atoms with Crippen LogP contribution in [0.1, 0.15) is 19.4 Å². The number of anilines is 1. The maximum Gasteiger partial charge on any atom is 0.137 e. The number of benzene rings is 2. The number of hydrogen-bond donors (Lipinski definition) is 1. The van der Waals surface area contributed by atoms with Gasteiger partial charge in [0.1, 0.15) is 11.5 Å². The fourth-order valence-corrected chi connectivity index (χ4v) is 2.69. The van der Waals surface area contributed by atoms with E-state index in [4.69, 9.17) is 21.1 Å². The highest BCUT2D eigenvalue weighted by atomic mass is 79.9. The molecule has 0 saturated carbocycles. The molecule has 0 aromatic heterocycles. The van der Waals surface area contributed by atoms with Crippen molar-refractivity contribution < 1.29 is 9.47 Å². The van der Waals surface area contributed by atoms with Gasteiger partial charge >= 0.3 is 0 Å². The normalized spacial score (nSPS) is 10.6. The molecule has 118 valence electrons. The zero-order chi connectivity index (χ0) is 16.1. The lowest BCUT2D eigenvalue weighted by Crippen LogP contribution is -2.09. The monoisotopic (exact) mass is 383 g/mol. The molecule has 0 fully saturated rings. The standard InChI is InChI=1S/C17H19BrClNO2/c1-11(2)22-16-6-4-13(18)8-12(16)10-20-14-5-7-17(21-3)15(19)9-14/h4-9,11,20H,10H2,1-3H3. The van der Waals surface area contributed by atoms with E-state index in [9.17, 15) is 0 Å². The lowest BCUT2D eigenvalue weighted by Gasteiger charge is -2.16. The summed E-state index contributed by atoms with van der Waals surface area (Å²) in [4.78, 5) is 0. The van der Waals surface area contributed by atoms with Crippen LogP contribution in [0.4, 0.5) is 5.69 Å². The predicted octanol–water partition coefficient (Wildman–Crippen LogP) is 5.51. The Labute approximate surface area is 144 Å². The van der Waals surface area contributed by atoms with Crippen LogP contribution >= 0.6 is 27.5 Å². The molecule has 22 heavy (non-hydrogen) atoms. The van der Waals surface area contributed by atoms with Crippen LogP contribution in [-0.2, 0) is 6.54 Å². The summed E-state index contributed by atoms with van der Waals surface area (Å²) in [5, 5.41) is 3.94. The number of halogens is 2. The fourth-order valence-electron chi connectivity index (χ4n) is 2.03. The third kappa shape index (κ3) is 4.55. The third-order valence-electron chi connectivity index (χ3n) is 3.02. The summed E-state index contributed by atoms with van der Waals surface area (Å²) < 4.78 is 12.0. The highest BCUT2D eigenvalue weighted by Crippen LogP contribution is 2.29. The van der Waals surface area contributed by atoms with Crippen molar-refractivity contribution >= 4 is 33.2 Å². The van der Waals surface area contributed by atoms with E-state index in [1.165, 1.54) is 0 Å². The molecule has 0 radical (unpaired) electrons. The molecule has 0 aliphatic heterocycles. The summed E-state index contributed by atoms with van der Waals surface area (Å²) in [6, 6.07) is 11.6. The first kappa shape index (κ1) is 17.0. The van der Waals surface area contributed by atoms with Crippen LogP contribution in [0.15, 0.2) is 40.9 Å². The molecule has 0 spiro atoms. The molecular weight excluding hydrogens is 366 g/mol. The van der Waals surface area contributed by atoms with Gasteiger partial charge in [-0.15, -0.1) is 0 Å². The first-order valence-electron chi connectivity index (χ1n) is 7.02. The van der Waals surface area contributed by atoms with E-state index < -0.39 is 0 Å². The van der Waals surface area contributed by atoms with Crippen molar-refractivity contribution in [1.82, 2.24) is 0 Å². The van der Waals surface area contributed by atoms with Crippen LogP contribution in [0.3, 0.4) is 0 Å². The van der Waals surface area contributed by atoms with Crippen LogP contribution in [-0.4, -0.2) is 13.2 Å². The second-order valence-electron chi connectivity index (χ2n) is 5.12. The lowest BCUT2D eigenvalue weighted by molar-refractivity contribution is 0.240. The molecule has 2 aromatic carbocycles. The van der Waals surface area contributed by atoms with Crippen LogP contribution in [0, 0.1) is 0 Å². The minimum Gasteiger partial charge on any atom is -0.495 e. The summed E-state index contributed by atoms with van der Waals surface area (Å²) in [7, 11) is 1.60. The SMILES string of the molecule is COc1ccc(NCc2cc(Br)ccc2OC(C)C)cc1Cl. The Morgan fingerprint density at radius 2 is 1.86 bits per heavy atom. The molecule has 0 amide bonds. The van der Waals surface area contributed by atoms with Crippen LogP contribution < -0.4 is 14.8 Å². The highest BCUT2D eigenvalue weighted by molar-refractivity contribution is 9.10. The molecule has 1 N–H and O–H groups in total. The van der Waals surface area contributed by atoms with Crippen molar-refractivity contribution in [2.24, 2.45) is 0 Å². The van der Waals surface area contributed by atoms with Crippen molar-refractivity contribution in [2.45, 2.75) is 26.5 Å². The lowest BCUT2D eigenvalue weighted by atomic mass is 10.2. The quantitative estimate of drug-likeness (QED) is 0.712. The summed E-state index contributed by atoms with van der Waals surface area (Å²) in [5.41, 5.74) is 2.01. The Balaban J connectivity index is 2.13. The zero-order valence-electron chi connectivity index (χ0n) is 12.8. The van der Waals surface area contributed by atoms with Gasteiger partial charge in [-0.2, -0.15) is 0 Å². The Morgan fingerprint density at radius 1 is 1.14 bits per heavy atom. The van der Waals surface area contributed by atoms with Crippen molar-refractivity contribution in [2.75, 3.05) is 12.4 Å². The Hall–Kier alpha value is -1.39. The molecular formula is C17H19BrClNO2. The van der Waals surface area contributed by atoms with Gasteiger partial charge in [0.25, 0.3) is 0 Å². The summed E-state index contributed by atoms with van der Waals surface area (Å²) in [5.74, 6) is 1.55. The summed E-state index contributed by atoms with van der Waals surface area (Å²) >= 11 is 9.64. The third-order valence-corrected chi connectivity index (χ3v) is 3.81. The molecule has 0 aliphatic carbocycles. The topological polar surface area (TPSA) is 30.5 Å². The van der Waals surface area contributed by atoms with Crippen molar-refractivity contribution in [3.63, 3.8) is 0 Å². The molecule has 3 nitrogen and oxygen atoms in total. The van der Waals surface area contributed by atoms with Gasteiger partial charge in [0.2, 0.25) is 0 Å². The molecule has 0 aliphatic rings. The maximum atomic E-state index is 6.14. The molecule has 0 heterocycles. The minimum absolute atomic E-state index is 0.135. The minimum atomic E-state index is 0.135. The predicted molar refractivity (Wildman–Crippen MR) is 95.2 cm³/mol. The van der Waals surface area contributed by atoms with Gasteiger partial charge in [0, 0.05) is 22.3 Å². The van der Waals surface area contributed by atoms with Crippen molar-refractivity contribution in [3.05, 3.63) is 51.5 Å². The number of methoxy groups -OCH3 is 1. The molecule has 0 bridgehead atoms. The molecule has 2 aromatic rings.